The van der Waals surface area contributed by atoms with Gasteiger partial charge in [0.25, 0.3) is 0 Å². The number of halogens is 3. The van der Waals surface area contributed by atoms with E-state index in [4.69, 9.17) is 23.2 Å². The number of rotatable bonds is 8. The Labute approximate surface area is 134 Å². The summed E-state index contributed by atoms with van der Waals surface area (Å²) in [5, 5.41) is 2.92. The van der Waals surface area contributed by atoms with E-state index in [2.05, 4.69) is 10.0 Å². The molecule has 0 radical (unpaired) electrons. The van der Waals surface area contributed by atoms with Crippen molar-refractivity contribution < 1.29 is 12.8 Å². The van der Waals surface area contributed by atoms with Crippen LogP contribution in [0.2, 0.25) is 10.0 Å². The molecule has 1 aromatic rings. The van der Waals surface area contributed by atoms with Crippen LogP contribution in [0.25, 0.3) is 0 Å². The van der Waals surface area contributed by atoms with Gasteiger partial charge in [-0.05, 0) is 31.6 Å². The van der Waals surface area contributed by atoms with Crippen molar-refractivity contribution in [2.75, 3.05) is 31.4 Å². The summed E-state index contributed by atoms with van der Waals surface area (Å²) < 4.78 is 40.8. The average Bonchev–Trinajstić information content (AvgIpc) is 2.38. The first kappa shape index (κ1) is 18.4. The second kappa shape index (κ2) is 8.14. The van der Waals surface area contributed by atoms with Crippen molar-refractivity contribution in [3.05, 3.63) is 28.0 Å². The van der Waals surface area contributed by atoms with Gasteiger partial charge in [0.15, 0.2) is 0 Å². The SMILES string of the molecule is CCNCCCN(C)S(=O)(=O)Nc1c(Cl)cc(F)cc1Cl. The predicted molar refractivity (Wildman–Crippen MR) is 84.8 cm³/mol. The van der Waals surface area contributed by atoms with E-state index in [-0.39, 0.29) is 15.7 Å². The van der Waals surface area contributed by atoms with Crippen molar-refractivity contribution in [2.24, 2.45) is 0 Å². The summed E-state index contributed by atoms with van der Waals surface area (Å²) in [5.41, 5.74) is -0.0294. The van der Waals surface area contributed by atoms with Gasteiger partial charge in [0.05, 0.1) is 15.7 Å². The van der Waals surface area contributed by atoms with E-state index in [0.29, 0.717) is 19.5 Å². The lowest BCUT2D eigenvalue weighted by atomic mass is 10.3. The molecule has 0 amide bonds. The van der Waals surface area contributed by atoms with Crippen LogP contribution in [0.5, 0.6) is 0 Å². The molecule has 1 aromatic carbocycles. The van der Waals surface area contributed by atoms with Gasteiger partial charge < -0.3 is 5.32 Å². The number of hydrogen-bond acceptors (Lipinski definition) is 3. The summed E-state index contributed by atoms with van der Waals surface area (Å²) in [7, 11) is -2.35. The molecule has 0 bridgehead atoms. The topological polar surface area (TPSA) is 61.4 Å². The van der Waals surface area contributed by atoms with Crippen LogP contribution in [-0.2, 0) is 10.2 Å². The monoisotopic (exact) mass is 357 g/mol. The molecule has 0 aliphatic rings. The largest absolute Gasteiger partial charge is 0.317 e. The van der Waals surface area contributed by atoms with Crippen LogP contribution >= 0.6 is 23.2 Å². The lowest BCUT2D eigenvalue weighted by Gasteiger charge is -2.19. The highest BCUT2D eigenvalue weighted by atomic mass is 35.5. The maximum Gasteiger partial charge on any atom is 0.301 e. The van der Waals surface area contributed by atoms with Gasteiger partial charge in [0.1, 0.15) is 5.82 Å². The van der Waals surface area contributed by atoms with Crippen LogP contribution in [0.3, 0.4) is 0 Å². The molecule has 0 unspecified atom stereocenters. The van der Waals surface area contributed by atoms with Crippen LogP contribution < -0.4 is 10.0 Å². The van der Waals surface area contributed by atoms with Crippen molar-refractivity contribution in [3.8, 4) is 0 Å². The van der Waals surface area contributed by atoms with Gasteiger partial charge in [-0.15, -0.1) is 0 Å². The Balaban J connectivity index is 2.76. The second-order valence-electron chi connectivity index (χ2n) is 4.38. The summed E-state index contributed by atoms with van der Waals surface area (Å²) in [5.74, 6) is -0.632. The zero-order chi connectivity index (χ0) is 16.0. The molecule has 21 heavy (non-hydrogen) atoms. The van der Waals surface area contributed by atoms with E-state index in [9.17, 15) is 12.8 Å². The fraction of sp³-hybridized carbons (Fsp3) is 0.500. The highest BCUT2D eigenvalue weighted by Crippen LogP contribution is 2.32. The first-order valence-corrected chi connectivity index (χ1v) is 8.57. The minimum absolute atomic E-state index is 0.0294. The van der Waals surface area contributed by atoms with Crippen molar-refractivity contribution in [2.45, 2.75) is 13.3 Å². The molecule has 0 spiro atoms. The van der Waals surface area contributed by atoms with E-state index in [1.807, 2.05) is 6.92 Å². The van der Waals surface area contributed by atoms with Crippen LogP contribution in [0.15, 0.2) is 12.1 Å². The Morgan fingerprint density at radius 1 is 1.29 bits per heavy atom. The van der Waals surface area contributed by atoms with Crippen LogP contribution in [0.1, 0.15) is 13.3 Å². The van der Waals surface area contributed by atoms with E-state index in [1.165, 1.54) is 7.05 Å². The Bertz CT molecular complexity index is 561. The molecule has 0 fully saturated rings. The Morgan fingerprint density at radius 3 is 2.38 bits per heavy atom. The highest BCUT2D eigenvalue weighted by Gasteiger charge is 2.20. The molecular weight excluding hydrogens is 340 g/mol. The van der Waals surface area contributed by atoms with Gasteiger partial charge in [0.2, 0.25) is 0 Å². The van der Waals surface area contributed by atoms with E-state index >= 15 is 0 Å². The van der Waals surface area contributed by atoms with Gasteiger partial charge >= 0.3 is 10.2 Å². The smallest absolute Gasteiger partial charge is 0.301 e. The summed E-state index contributed by atoms with van der Waals surface area (Å²) in [6, 6.07) is 1.99. The molecular formula is C12H18Cl2FN3O2S. The quantitative estimate of drug-likeness (QED) is 0.703. The van der Waals surface area contributed by atoms with Crippen molar-refractivity contribution in [3.63, 3.8) is 0 Å². The number of nitrogens with one attached hydrogen (secondary N) is 2. The summed E-state index contributed by atoms with van der Waals surface area (Å²) in [4.78, 5) is 0. The third-order valence-electron chi connectivity index (χ3n) is 2.72. The normalized spacial score (nSPS) is 11.9. The van der Waals surface area contributed by atoms with Crippen molar-refractivity contribution >= 4 is 39.1 Å². The molecule has 0 aromatic heterocycles. The standard InChI is InChI=1S/C12H18Cl2FN3O2S/c1-3-16-5-4-6-18(2)21(19,20)17-12-10(13)7-9(15)8-11(12)14/h7-8,16-17H,3-6H2,1-2H3. The lowest BCUT2D eigenvalue weighted by Crippen LogP contribution is -2.34. The number of nitrogens with zero attached hydrogens (tertiary/aromatic N) is 1. The van der Waals surface area contributed by atoms with Gasteiger partial charge in [-0.2, -0.15) is 12.7 Å². The molecule has 0 saturated heterocycles. The number of benzene rings is 1. The van der Waals surface area contributed by atoms with E-state index in [1.54, 1.807) is 0 Å². The molecule has 2 N–H and O–H groups in total. The molecule has 120 valence electrons. The van der Waals surface area contributed by atoms with Gasteiger partial charge in [-0.3, -0.25) is 4.72 Å². The number of hydrogen-bond donors (Lipinski definition) is 2. The fourth-order valence-corrected chi connectivity index (χ4v) is 3.24. The third kappa shape index (κ3) is 5.60. The van der Waals surface area contributed by atoms with Gasteiger partial charge in [-0.25, -0.2) is 4.39 Å². The van der Waals surface area contributed by atoms with E-state index < -0.39 is 16.0 Å². The summed E-state index contributed by atoms with van der Waals surface area (Å²) in [6.45, 7) is 3.85. The molecule has 9 heteroatoms. The van der Waals surface area contributed by atoms with Gasteiger partial charge in [0, 0.05) is 13.6 Å². The second-order valence-corrected chi connectivity index (χ2v) is 6.97. The fourth-order valence-electron chi connectivity index (χ4n) is 1.57. The predicted octanol–water partition coefficient (Wildman–Crippen LogP) is 2.72. The van der Waals surface area contributed by atoms with Gasteiger partial charge in [-0.1, -0.05) is 30.1 Å². The molecule has 0 aliphatic carbocycles. The zero-order valence-electron chi connectivity index (χ0n) is 11.8. The van der Waals surface area contributed by atoms with Crippen molar-refractivity contribution in [1.82, 2.24) is 9.62 Å². The third-order valence-corrected chi connectivity index (χ3v) is 4.79. The minimum atomic E-state index is -3.79. The number of anilines is 1. The van der Waals surface area contributed by atoms with Crippen LogP contribution in [0, 0.1) is 5.82 Å². The highest BCUT2D eigenvalue weighted by molar-refractivity contribution is 7.90. The van der Waals surface area contributed by atoms with Crippen LogP contribution in [-0.4, -0.2) is 39.4 Å². The average molecular weight is 358 g/mol. The molecule has 0 heterocycles. The zero-order valence-corrected chi connectivity index (χ0v) is 14.1. The minimum Gasteiger partial charge on any atom is -0.317 e. The lowest BCUT2D eigenvalue weighted by molar-refractivity contribution is 0.459. The first-order valence-electron chi connectivity index (χ1n) is 6.37. The van der Waals surface area contributed by atoms with Crippen molar-refractivity contribution in [1.29, 1.82) is 0 Å². The summed E-state index contributed by atoms with van der Waals surface area (Å²) in [6.07, 6.45) is 0.663. The Morgan fingerprint density at radius 2 is 1.86 bits per heavy atom. The molecule has 0 saturated carbocycles. The molecule has 5 nitrogen and oxygen atoms in total. The van der Waals surface area contributed by atoms with E-state index in [0.717, 1.165) is 23.0 Å². The maximum absolute atomic E-state index is 13.1. The summed E-state index contributed by atoms with van der Waals surface area (Å²) >= 11 is 11.6. The Hall–Kier alpha value is -0.600. The molecule has 1 rings (SSSR count). The molecule has 0 aliphatic heterocycles. The van der Waals surface area contributed by atoms with Crippen LogP contribution in [0.4, 0.5) is 10.1 Å². The molecule has 0 atom stereocenters. The Kier molecular flexibility index (Phi) is 7.15. The first-order chi connectivity index (χ1) is 9.77. The maximum atomic E-state index is 13.1.